The van der Waals surface area contributed by atoms with Crippen LogP contribution in [0.2, 0.25) is 0 Å². The van der Waals surface area contributed by atoms with E-state index >= 15 is 0 Å². The number of nitrogens with one attached hydrogen (secondary N) is 1. The van der Waals surface area contributed by atoms with Crippen molar-refractivity contribution in [2.45, 2.75) is 0 Å². The molecule has 50 valence electrons. The number of hydrogen-bond donors (Lipinski definition) is 1. The second-order valence-corrected chi connectivity index (χ2v) is 1.98. The van der Waals surface area contributed by atoms with E-state index in [2.05, 4.69) is 10.1 Å². The molecule has 0 bridgehead atoms. The minimum absolute atomic E-state index is 0.433. The van der Waals surface area contributed by atoms with Crippen LogP contribution in [0.25, 0.3) is 11.0 Å². The second-order valence-electron chi connectivity index (χ2n) is 1.98. The average Bonchev–Trinajstić information content (AvgIpc) is 2.34. The van der Waals surface area contributed by atoms with E-state index < -0.39 is 0 Å². The minimum atomic E-state index is 0.433. The van der Waals surface area contributed by atoms with Gasteiger partial charge in [0.05, 0.1) is 11.6 Å². The average molecular weight is 135 g/mol. The molecule has 0 spiro atoms. The fourth-order valence-electron chi connectivity index (χ4n) is 0.881. The molecular weight excluding hydrogens is 130 g/mol. The topological polar surface area (TPSA) is 55.6 Å². The van der Waals surface area contributed by atoms with Crippen molar-refractivity contribution in [1.29, 1.82) is 0 Å². The largest absolute Gasteiger partial charge is 0.692 e. The molecule has 0 atom stereocenters. The molecule has 0 saturated carbocycles. The maximum atomic E-state index is 10.8. The first-order valence-electron chi connectivity index (χ1n) is 2.89. The Bertz CT molecular complexity index is 355. The van der Waals surface area contributed by atoms with Crippen LogP contribution in [0, 0.1) is 5.21 Å². The number of fused-ring (bicyclic) bond motifs is 1. The van der Waals surface area contributed by atoms with Crippen LogP contribution in [0.3, 0.4) is 0 Å². The zero-order valence-electron chi connectivity index (χ0n) is 5.11. The van der Waals surface area contributed by atoms with Gasteiger partial charge < -0.3 is 5.21 Å². The summed E-state index contributed by atoms with van der Waals surface area (Å²) in [5.41, 5.74) is 0.433. The van der Waals surface area contributed by atoms with E-state index in [9.17, 15) is 5.21 Å². The summed E-state index contributed by atoms with van der Waals surface area (Å²) in [4.78, 5) is 4.49. The van der Waals surface area contributed by atoms with E-state index in [1.807, 2.05) is 6.07 Å². The summed E-state index contributed by atoms with van der Waals surface area (Å²) in [6, 6.07) is 3.61. The van der Waals surface area contributed by atoms with Gasteiger partial charge in [-0.3, -0.25) is 0 Å². The summed E-state index contributed by atoms with van der Waals surface area (Å²) in [7, 11) is 0. The molecule has 0 aliphatic rings. The normalized spacial score (nSPS) is 10.4. The summed E-state index contributed by atoms with van der Waals surface area (Å²) in [5, 5.41) is 14.1. The quantitative estimate of drug-likeness (QED) is 0.414. The van der Waals surface area contributed by atoms with E-state index in [-0.39, 0.29) is 0 Å². The molecule has 10 heavy (non-hydrogen) atoms. The maximum Gasteiger partial charge on any atom is 0.353 e. The molecule has 2 rings (SSSR count). The number of hydrogen-bond acceptors (Lipinski definition) is 2. The van der Waals surface area contributed by atoms with Gasteiger partial charge in [-0.2, -0.15) is 4.85 Å². The van der Waals surface area contributed by atoms with Gasteiger partial charge in [0.25, 0.3) is 0 Å². The van der Waals surface area contributed by atoms with Gasteiger partial charge in [-0.05, 0) is 17.1 Å². The van der Waals surface area contributed by atoms with Crippen LogP contribution in [0.5, 0.6) is 0 Å². The molecule has 0 fully saturated rings. The van der Waals surface area contributed by atoms with Crippen molar-refractivity contribution in [2.75, 3.05) is 0 Å². The second kappa shape index (κ2) is 1.70. The number of aromatic amines is 1. The molecule has 2 heterocycles. The number of aromatic nitrogens is 3. The third-order valence-electron chi connectivity index (χ3n) is 1.35. The van der Waals surface area contributed by atoms with Crippen LogP contribution in [-0.2, 0) is 0 Å². The molecule has 0 aliphatic heterocycles. The number of H-pyrrole nitrogens is 1. The van der Waals surface area contributed by atoms with Crippen LogP contribution >= 0.6 is 0 Å². The smallest absolute Gasteiger partial charge is 0.353 e. The standard InChI is InChI=1S/C6H5N3O/c10-9-6-5(4-8-9)2-1-3-7-6/h1-4,8H. The Morgan fingerprint density at radius 3 is 3.30 bits per heavy atom. The fourth-order valence-corrected chi connectivity index (χ4v) is 0.881. The number of nitrogens with zero attached hydrogens (tertiary/aromatic N) is 2. The highest BCUT2D eigenvalue weighted by molar-refractivity contribution is 5.69. The predicted octanol–water partition coefficient (Wildman–Crippen LogP) is 0.196. The van der Waals surface area contributed by atoms with Crippen LogP contribution in [-0.4, -0.2) is 10.1 Å². The molecular formula is C6H5N3O. The lowest BCUT2D eigenvalue weighted by atomic mass is 10.4. The van der Waals surface area contributed by atoms with Gasteiger partial charge in [-0.1, -0.05) is 0 Å². The van der Waals surface area contributed by atoms with Crippen LogP contribution in [0.1, 0.15) is 0 Å². The number of pyridine rings is 1. The van der Waals surface area contributed by atoms with Gasteiger partial charge in [0.15, 0.2) is 0 Å². The van der Waals surface area contributed by atoms with Gasteiger partial charge >= 0.3 is 5.65 Å². The lowest BCUT2D eigenvalue weighted by Crippen LogP contribution is -2.28. The first kappa shape index (κ1) is 5.22. The molecule has 0 amide bonds. The Balaban J connectivity index is 2.93. The SMILES string of the molecule is [O-][n+]1[nH]cc2cccnc21. The van der Waals surface area contributed by atoms with Gasteiger partial charge in [-0.25, -0.2) is 5.10 Å². The molecule has 1 N–H and O–H groups in total. The minimum Gasteiger partial charge on any atom is -0.692 e. The summed E-state index contributed by atoms with van der Waals surface area (Å²) < 4.78 is 0. The van der Waals surface area contributed by atoms with Crippen LogP contribution in [0.4, 0.5) is 0 Å². The van der Waals surface area contributed by atoms with Gasteiger partial charge in [0, 0.05) is 0 Å². The summed E-state index contributed by atoms with van der Waals surface area (Å²) in [6.45, 7) is 0. The third-order valence-corrected chi connectivity index (χ3v) is 1.35. The molecule has 0 aliphatic carbocycles. The zero-order valence-corrected chi connectivity index (χ0v) is 5.11. The molecule has 4 heteroatoms. The van der Waals surface area contributed by atoms with Crippen LogP contribution < -0.4 is 4.85 Å². The Morgan fingerprint density at radius 2 is 2.50 bits per heavy atom. The van der Waals surface area contributed by atoms with Gasteiger partial charge in [0.2, 0.25) is 0 Å². The summed E-state index contributed by atoms with van der Waals surface area (Å²) >= 11 is 0. The third kappa shape index (κ3) is 0.556. The van der Waals surface area contributed by atoms with Crippen LogP contribution in [0.15, 0.2) is 24.5 Å². The highest BCUT2D eigenvalue weighted by Gasteiger charge is 2.02. The Hall–Kier alpha value is -1.58. The van der Waals surface area contributed by atoms with E-state index in [0.29, 0.717) is 10.5 Å². The lowest BCUT2D eigenvalue weighted by Gasteiger charge is -1.90. The van der Waals surface area contributed by atoms with E-state index in [4.69, 9.17) is 0 Å². The monoisotopic (exact) mass is 135 g/mol. The van der Waals surface area contributed by atoms with Crippen molar-refractivity contribution in [3.05, 3.63) is 29.7 Å². The number of rotatable bonds is 0. The van der Waals surface area contributed by atoms with E-state index in [1.165, 1.54) is 0 Å². The summed E-state index contributed by atoms with van der Waals surface area (Å²) in [6.07, 6.45) is 3.21. The Morgan fingerprint density at radius 1 is 1.60 bits per heavy atom. The first-order valence-corrected chi connectivity index (χ1v) is 2.89. The zero-order chi connectivity index (χ0) is 6.97. The predicted molar refractivity (Wildman–Crippen MR) is 35.1 cm³/mol. The summed E-state index contributed by atoms with van der Waals surface area (Å²) in [5.74, 6) is 0. The molecule has 0 unspecified atom stereocenters. The fraction of sp³-hybridized carbons (Fsp3) is 0. The van der Waals surface area contributed by atoms with Crippen molar-refractivity contribution in [2.24, 2.45) is 0 Å². The molecule has 4 nitrogen and oxygen atoms in total. The molecule has 0 radical (unpaired) electrons. The maximum absolute atomic E-state index is 10.8. The first-order chi connectivity index (χ1) is 4.88. The van der Waals surface area contributed by atoms with Gasteiger partial charge in [-0.15, -0.1) is 0 Å². The lowest BCUT2D eigenvalue weighted by molar-refractivity contribution is -0.641. The Kier molecular flexibility index (Phi) is 0.887. The van der Waals surface area contributed by atoms with Gasteiger partial charge in [0.1, 0.15) is 6.20 Å². The highest BCUT2D eigenvalue weighted by Crippen LogP contribution is 2.01. The molecule has 2 aromatic rings. The van der Waals surface area contributed by atoms with Crippen molar-refractivity contribution >= 4 is 11.0 Å². The van der Waals surface area contributed by atoms with Crippen molar-refractivity contribution < 1.29 is 4.85 Å². The highest BCUT2D eigenvalue weighted by atomic mass is 16.5. The van der Waals surface area contributed by atoms with E-state index in [0.717, 1.165) is 5.39 Å². The Labute approximate surface area is 56.7 Å². The molecule has 0 aromatic carbocycles. The molecule has 0 saturated heterocycles. The van der Waals surface area contributed by atoms with E-state index in [1.54, 1.807) is 18.5 Å². The van der Waals surface area contributed by atoms with Crippen molar-refractivity contribution in [3.8, 4) is 0 Å². The van der Waals surface area contributed by atoms with Crippen molar-refractivity contribution in [1.82, 2.24) is 10.1 Å². The molecule has 2 aromatic heterocycles. The van der Waals surface area contributed by atoms with Crippen molar-refractivity contribution in [3.63, 3.8) is 0 Å².